The van der Waals surface area contributed by atoms with Gasteiger partial charge < -0.3 is 15.4 Å². The molecule has 0 spiro atoms. The van der Waals surface area contributed by atoms with Crippen LogP contribution in [0.5, 0.6) is 0 Å². The van der Waals surface area contributed by atoms with Gasteiger partial charge in [-0.25, -0.2) is 4.79 Å². The molecule has 0 aromatic carbocycles. The molecule has 2 rings (SSSR count). The first kappa shape index (κ1) is 12.7. The summed E-state index contributed by atoms with van der Waals surface area (Å²) in [6.45, 7) is 6.31. The summed E-state index contributed by atoms with van der Waals surface area (Å²) in [7, 11) is 0. The lowest BCUT2D eigenvalue weighted by Crippen LogP contribution is -2.47. The molecule has 0 aliphatic carbocycles. The zero-order valence-electron chi connectivity index (χ0n) is 11.0. The van der Waals surface area contributed by atoms with Gasteiger partial charge in [0.05, 0.1) is 11.7 Å². The molecule has 1 aromatic rings. The van der Waals surface area contributed by atoms with Crippen molar-refractivity contribution in [3.8, 4) is 0 Å². The number of amides is 1. The average Bonchev–Trinajstić information content (AvgIpc) is 2.12. The predicted molar refractivity (Wildman–Crippen MR) is 68.9 cm³/mol. The van der Waals surface area contributed by atoms with E-state index in [-0.39, 0.29) is 12.1 Å². The van der Waals surface area contributed by atoms with Crippen LogP contribution < -0.4 is 5.73 Å². The van der Waals surface area contributed by atoms with Crippen LogP contribution in [0.15, 0.2) is 18.5 Å². The summed E-state index contributed by atoms with van der Waals surface area (Å²) in [5.41, 5.74) is 6.81. The molecule has 0 radical (unpaired) electrons. The van der Waals surface area contributed by atoms with E-state index in [4.69, 9.17) is 10.5 Å². The molecule has 1 fully saturated rings. The monoisotopic (exact) mass is 249 g/mol. The summed E-state index contributed by atoms with van der Waals surface area (Å²) in [6.07, 6.45) is 3.99. The predicted octanol–water partition coefficient (Wildman–Crippen LogP) is 2.35. The molecule has 1 aliphatic heterocycles. The van der Waals surface area contributed by atoms with Gasteiger partial charge in [0.15, 0.2) is 0 Å². The molecule has 5 heteroatoms. The smallest absolute Gasteiger partial charge is 0.410 e. The van der Waals surface area contributed by atoms with E-state index in [0.717, 1.165) is 12.0 Å². The molecule has 2 N–H and O–H groups in total. The minimum Gasteiger partial charge on any atom is -0.444 e. The van der Waals surface area contributed by atoms with Gasteiger partial charge in [0, 0.05) is 18.9 Å². The van der Waals surface area contributed by atoms with Gasteiger partial charge in [0.1, 0.15) is 5.60 Å². The lowest BCUT2D eigenvalue weighted by atomic mass is 9.96. The molecule has 1 amide bonds. The van der Waals surface area contributed by atoms with E-state index in [1.54, 1.807) is 17.3 Å². The first-order valence-electron chi connectivity index (χ1n) is 6.07. The molecule has 0 saturated carbocycles. The first-order valence-corrected chi connectivity index (χ1v) is 6.07. The van der Waals surface area contributed by atoms with Crippen molar-refractivity contribution in [2.75, 3.05) is 12.3 Å². The van der Waals surface area contributed by atoms with E-state index in [9.17, 15) is 4.79 Å². The second-order valence-corrected chi connectivity index (χ2v) is 5.53. The first-order chi connectivity index (χ1) is 8.37. The van der Waals surface area contributed by atoms with Crippen LogP contribution in [0.2, 0.25) is 0 Å². The van der Waals surface area contributed by atoms with Crippen LogP contribution in [0.1, 0.15) is 38.8 Å². The fourth-order valence-corrected chi connectivity index (χ4v) is 1.93. The molecule has 2 heterocycles. The summed E-state index contributed by atoms with van der Waals surface area (Å²) in [5, 5.41) is 0. The SMILES string of the molecule is CC(C)(C)OC(=O)N1CCC1c1cncc(N)c1. The van der Waals surface area contributed by atoms with Gasteiger partial charge in [-0.1, -0.05) is 0 Å². The van der Waals surface area contributed by atoms with E-state index in [1.165, 1.54) is 0 Å². The molecular weight excluding hydrogens is 230 g/mol. The number of ether oxygens (including phenoxy) is 1. The second kappa shape index (κ2) is 4.48. The number of nitrogens with two attached hydrogens (primary N) is 1. The highest BCUT2D eigenvalue weighted by Gasteiger charge is 2.36. The molecule has 98 valence electrons. The molecular formula is C13H19N3O2. The zero-order chi connectivity index (χ0) is 13.3. The van der Waals surface area contributed by atoms with Crippen molar-refractivity contribution < 1.29 is 9.53 Å². The topological polar surface area (TPSA) is 68.5 Å². The van der Waals surface area contributed by atoms with Crippen LogP contribution in [0, 0.1) is 0 Å². The minimum atomic E-state index is -0.467. The molecule has 18 heavy (non-hydrogen) atoms. The van der Waals surface area contributed by atoms with Crippen LogP contribution in [0.25, 0.3) is 0 Å². The Morgan fingerprint density at radius 3 is 2.72 bits per heavy atom. The Labute approximate surface area is 107 Å². The Balaban J connectivity index is 2.06. The summed E-state index contributed by atoms with van der Waals surface area (Å²) < 4.78 is 5.36. The van der Waals surface area contributed by atoms with E-state index in [0.29, 0.717) is 12.2 Å². The Kier molecular flexibility index (Phi) is 3.15. The molecule has 1 saturated heterocycles. The van der Waals surface area contributed by atoms with Crippen LogP contribution >= 0.6 is 0 Å². The summed E-state index contributed by atoms with van der Waals surface area (Å²) >= 11 is 0. The standard InChI is InChI=1S/C13H19N3O2/c1-13(2,3)18-12(17)16-5-4-11(16)9-6-10(14)8-15-7-9/h6-8,11H,4-5,14H2,1-3H3. The van der Waals surface area contributed by atoms with E-state index in [1.807, 2.05) is 26.8 Å². The van der Waals surface area contributed by atoms with Crippen molar-refractivity contribution in [1.82, 2.24) is 9.88 Å². The normalized spacial score (nSPS) is 19.3. The summed E-state index contributed by atoms with van der Waals surface area (Å²) in [4.78, 5) is 17.7. The number of likely N-dealkylation sites (tertiary alicyclic amines) is 1. The Morgan fingerprint density at radius 2 is 2.22 bits per heavy atom. The molecule has 1 unspecified atom stereocenters. The highest BCUT2D eigenvalue weighted by atomic mass is 16.6. The lowest BCUT2D eigenvalue weighted by Gasteiger charge is -2.41. The second-order valence-electron chi connectivity index (χ2n) is 5.53. The highest BCUT2D eigenvalue weighted by Crippen LogP contribution is 2.34. The third-order valence-corrected chi connectivity index (χ3v) is 2.81. The molecule has 1 aliphatic rings. The largest absolute Gasteiger partial charge is 0.444 e. The highest BCUT2D eigenvalue weighted by molar-refractivity contribution is 5.70. The van der Waals surface area contributed by atoms with Gasteiger partial charge in [-0.3, -0.25) is 4.98 Å². The maximum Gasteiger partial charge on any atom is 0.410 e. The van der Waals surface area contributed by atoms with Crippen LogP contribution in [-0.4, -0.2) is 28.1 Å². The number of aromatic nitrogens is 1. The number of pyridine rings is 1. The fourth-order valence-electron chi connectivity index (χ4n) is 1.93. The number of nitrogen functional groups attached to an aromatic ring is 1. The van der Waals surface area contributed by atoms with E-state index in [2.05, 4.69) is 4.98 Å². The van der Waals surface area contributed by atoms with Crippen LogP contribution in [0.3, 0.4) is 0 Å². The fraction of sp³-hybridized carbons (Fsp3) is 0.538. The van der Waals surface area contributed by atoms with Crippen LogP contribution in [-0.2, 0) is 4.74 Å². The minimum absolute atomic E-state index is 0.0378. The third kappa shape index (κ3) is 2.72. The molecule has 1 aromatic heterocycles. The van der Waals surface area contributed by atoms with E-state index >= 15 is 0 Å². The van der Waals surface area contributed by atoms with Crippen molar-refractivity contribution in [3.05, 3.63) is 24.0 Å². The molecule has 5 nitrogen and oxygen atoms in total. The van der Waals surface area contributed by atoms with Crippen molar-refractivity contribution in [3.63, 3.8) is 0 Å². The maximum atomic E-state index is 12.0. The lowest BCUT2D eigenvalue weighted by molar-refractivity contribution is -0.00578. The van der Waals surface area contributed by atoms with Crippen molar-refractivity contribution >= 4 is 11.8 Å². The Hall–Kier alpha value is -1.78. The number of carbonyl (C=O) groups excluding carboxylic acids is 1. The van der Waals surface area contributed by atoms with E-state index < -0.39 is 5.60 Å². The average molecular weight is 249 g/mol. The van der Waals surface area contributed by atoms with Crippen molar-refractivity contribution in [1.29, 1.82) is 0 Å². The van der Waals surface area contributed by atoms with Gasteiger partial charge in [0.25, 0.3) is 0 Å². The van der Waals surface area contributed by atoms with Crippen molar-refractivity contribution in [2.45, 2.75) is 38.8 Å². The number of nitrogens with zero attached hydrogens (tertiary/aromatic N) is 2. The summed E-state index contributed by atoms with van der Waals surface area (Å²) in [6, 6.07) is 1.89. The number of hydrogen-bond donors (Lipinski definition) is 1. The number of carbonyl (C=O) groups is 1. The van der Waals surface area contributed by atoms with Gasteiger partial charge in [0.2, 0.25) is 0 Å². The van der Waals surface area contributed by atoms with Gasteiger partial charge in [-0.2, -0.15) is 0 Å². The Bertz CT molecular complexity index is 454. The quantitative estimate of drug-likeness (QED) is 0.829. The Morgan fingerprint density at radius 1 is 1.50 bits per heavy atom. The summed E-state index contributed by atoms with van der Waals surface area (Å²) in [5.74, 6) is 0. The zero-order valence-corrected chi connectivity index (χ0v) is 11.0. The molecule has 0 bridgehead atoms. The van der Waals surface area contributed by atoms with Gasteiger partial charge in [-0.15, -0.1) is 0 Å². The van der Waals surface area contributed by atoms with Gasteiger partial charge in [-0.05, 0) is 38.8 Å². The number of hydrogen-bond acceptors (Lipinski definition) is 4. The third-order valence-electron chi connectivity index (χ3n) is 2.81. The number of anilines is 1. The number of rotatable bonds is 1. The maximum absolute atomic E-state index is 12.0. The van der Waals surface area contributed by atoms with Gasteiger partial charge >= 0.3 is 6.09 Å². The molecule has 1 atom stereocenters. The van der Waals surface area contributed by atoms with Crippen molar-refractivity contribution in [2.24, 2.45) is 0 Å². The van der Waals surface area contributed by atoms with Crippen LogP contribution in [0.4, 0.5) is 10.5 Å².